The summed E-state index contributed by atoms with van der Waals surface area (Å²) >= 11 is 0. The normalized spacial score (nSPS) is 10.3. The molecule has 0 unspecified atom stereocenters. The van der Waals surface area contributed by atoms with E-state index in [1.54, 1.807) is 7.11 Å². The second kappa shape index (κ2) is 10.3. The maximum Gasteiger partial charge on any atom is 0.302 e. The zero-order chi connectivity index (χ0) is 14.6. The molecular formula is C16H24O4. The lowest BCUT2D eigenvalue weighted by molar-refractivity contribution is -0.141. The second-order valence-electron chi connectivity index (χ2n) is 4.65. The van der Waals surface area contributed by atoms with Gasteiger partial charge < -0.3 is 14.2 Å². The fourth-order valence-electron chi connectivity index (χ4n) is 1.79. The molecule has 1 aromatic carbocycles. The highest BCUT2D eigenvalue weighted by molar-refractivity contribution is 5.65. The maximum atomic E-state index is 10.5. The molecule has 0 aliphatic heterocycles. The van der Waals surface area contributed by atoms with Crippen LogP contribution < -0.4 is 4.74 Å². The summed E-state index contributed by atoms with van der Waals surface area (Å²) in [6.07, 6.45) is 4.14. The number of carbonyl (C=O) groups excluding carboxylic acids is 1. The van der Waals surface area contributed by atoms with Gasteiger partial charge in [-0.3, -0.25) is 4.79 Å². The highest BCUT2D eigenvalue weighted by atomic mass is 16.5. The Morgan fingerprint density at radius 1 is 1.00 bits per heavy atom. The molecule has 0 atom stereocenters. The van der Waals surface area contributed by atoms with Gasteiger partial charge in [0, 0.05) is 13.5 Å². The minimum Gasteiger partial charge on any atom is -0.497 e. The van der Waals surface area contributed by atoms with Crippen molar-refractivity contribution < 1.29 is 19.0 Å². The Morgan fingerprint density at radius 3 is 2.25 bits per heavy atom. The first-order valence-electron chi connectivity index (χ1n) is 7.06. The molecule has 0 radical (unpaired) electrons. The molecule has 0 saturated heterocycles. The predicted octanol–water partition coefficient (Wildman–Crippen LogP) is 3.34. The van der Waals surface area contributed by atoms with Crippen molar-refractivity contribution in [1.29, 1.82) is 0 Å². The molecule has 0 aliphatic rings. The molecule has 1 rings (SSSR count). The van der Waals surface area contributed by atoms with Gasteiger partial charge in [0.15, 0.2) is 0 Å². The number of hydrogen-bond acceptors (Lipinski definition) is 4. The van der Waals surface area contributed by atoms with Gasteiger partial charge in [-0.2, -0.15) is 0 Å². The van der Waals surface area contributed by atoms with Crippen LogP contribution in [0.1, 0.15) is 38.2 Å². The van der Waals surface area contributed by atoms with E-state index in [2.05, 4.69) is 0 Å². The van der Waals surface area contributed by atoms with E-state index in [0.29, 0.717) is 13.2 Å². The zero-order valence-electron chi connectivity index (χ0n) is 12.4. The van der Waals surface area contributed by atoms with Gasteiger partial charge in [0.1, 0.15) is 5.75 Å². The number of methoxy groups -OCH3 is 1. The summed E-state index contributed by atoms with van der Waals surface area (Å²) in [6.45, 7) is 3.37. The molecule has 4 heteroatoms. The smallest absolute Gasteiger partial charge is 0.302 e. The van der Waals surface area contributed by atoms with E-state index in [1.807, 2.05) is 24.3 Å². The molecule has 4 nitrogen and oxygen atoms in total. The Bertz CT molecular complexity index is 373. The Kier molecular flexibility index (Phi) is 8.47. The molecule has 1 aromatic rings. The van der Waals surface area contributed by atoms with Crippen molar-refractivity contribution in [2.75, 3.05) is 20.3 Å². The van der Waals surface area contributed by atoms with Gasteiger partial charge in [-0.1, -0.05) is 18.6 Å². The fraction of sp³-hybridized carbons (Fsp3) is 0.562. The van der Waals surface area contributed by atoms with Crippen molar-refractivity contribution in [3.63, 3.8) is 0 Å². The van der Waals surface area contributed by atoms with E-state index in [1.165, 1.54) is 6.92 Å². The summed E-state index contributed by atoms with van der Waals surface area (Å²) in [5, 5.41) is 0. The van der Waals surface area contributed by atoms with Gasteiger partial charge in [-0.15, -0.1) is 0 Å². The maximum absolute atomic E-state index is 10.5. The van der Waals surface area contributed by atoms with Crippen molar-refractivity contribution in [2.24, 2.45) is 0 Å². The van der Waals surface area contributed by atoms with E-state index < -0.39 is 0 Å². The second-order valence-corrected chi connectivity index (χ2v) is 4.65. The fourth-order valence-corrected chi connectivity index (χ4v) is 1.79. The summed E-state index contributed by atoms with van der Waals surface area (Å²) in [4.78, 5) is 10.5. The lowest BCUT2D eigenvalue weighted by Crippen LogP contribution is -2.00. The molecule has 0 amide bonds. The van der Waals surface area contributed by atoms with Gasteiger partial charge in [0.05, 0.1) is 20.3 Å². The van der Waals surface area contributed by atoms with Gasteiger partial charge in [-0.05, 0) is 37.0 Å². The molecule has 112 valence electrons. The Hall–Kier alpha value is -1.55. The number of rotatable bonds is 10. The topological polar surface area (TPSA) is 44.8 Å². The number of unbranched alkanes of at least 4 members (excludes halogenated alkanes) is 3. The molecule has 0 bridgehead atoms. The Labute approximate surface area is 121 Å². The van der Waals surface area contributed by atoms with Crippen LogP contribution in [0.15, 0.2) is 24.3 Å². The quantitative estimate of drug-likeness (QED) is 0.487. The molecule has 0 saturated carbocycles. The lowest BCUT2D eigenvalue weighted by Gasteiger charge is -2.06. The van der Waals surface area contributed by atoms with Gasteiger partial charge in [-0.25, -0.2) is 0 Å². The number of ether oxygens (including phenoxy) is 3. The van der Waals surface area contributed by atoms with Crippen molar-refractivity contribution >= 4 is 5.97 Å². The first kappa shape index (κ1) is 16.5. The summed E-state index contributed by atoms with van der Waals surface area (Å²) in [5.74, 6) is 0.661. The molecule has 0 aromatic heterocycles. The minimum absolute atomic E-state index is 0.201. The van der Waals surface area contributed by atoms with Crippen LogP contribution in [-0.4, -0.2) is 26.3 Å². The summed E-state index contributed by atoms with van der Waals surface area (Å²) in [5.41, 5.74) is 1.15. The van der Waals surface area contributed by atoms with Gasteiger partial charge in [0.2, 0.25) is 0 Å². The minimum atomic E-state index is -0.201. The van der Waals surface area contributed by atoms with Crippen LogP contribution in [0, 0.1) is 0 Å². The third kappa shape index (κ3) is 7.79. The largest absolute Gasteiger partial charge is 0.497 e. The average molecular weight is 280 g/mol. The molecule has 0 fully saturated rings. The van der Waals surface area contributed by atoms with Crippen molar-refractivity contribution in [1.82, 2.24) is 0 Å². The van der Waals surface area contributed by atoms with Crippen LogP contribution in [0.4, 0.5) is 0 Å². The Morgan fingerprint density at radius 2 is 1.65 bits per heavy atom. The number of esters is 1. The van der Waals surface area contributed by atoms with E-state index >= 15 is 0 Å². The molecule has 0 heterocycles. The van der Waals surface area contributed by atoms with Gasteiger partial charge >= 0.3 is 5.97 Å². The first-order valence-corrected chi connectivity index (χ1v) is 7.06. The number of benzene rings is 1. The number of carbonyl (C=O) groups is 1. The van der Waals surface area contributed by atoms with Crippen LogP contribution in [0.25, 0.3) is 0 Å². The van der Waals surface area contributed by atoms with E-state index in [9.17, 15) is 4.79 Å². The highest BCUT2D eigenvalue weighted by Gasteiger charge is 1.96. The predicted molar refractivity (Wildman–Crippen MR) is 77.8 cm³/mol. The van der Waals surface area contributed by atoms with Crippen LogP contribution >= 0.6 is 0 Å². The Balaban J connectivity index is 1.95. The van der Waals surface area contributed by atoms with E-state index in [0.717, 1.165) is 43.6 Å². The number of hydrogen-bond donors (Lipinski definition) is 0. The molecule has 0 spiro atoms. The van der Waals surface area contributed by atoms with Crippen LogP contribution in [0.5, 0.6) is 5.75 Å². The van der Waals surface area contributed by atoms with Crippen LogP contribution in [0.3, 0.4) is 0 Å². The third-order valence-corrected chi connectivity index (χ3v) is 2.92. The first-order chi connectivity index (χ1) is 9.72. The lowest BCUT2D eigenvalue weighted by atomic mass is 10.2. The molecular weight excluding hydrogens is 256 g/mol. The summed E-state index contributed by atoms with van der Waals surface area (Å²) in [7, 11) is 1.66. The SMILES string of the molecule is COc1ccc(COCCCCCCOC(C)=O)cc1. The van der Waals surface area contributed by atoms with E-state index in [-0.39, 0.29) is 5.97 Å². The molecule has 0 aliphatic carbocycles. The average Bonchev–Trinajstić information content (AvgIpc) is 2.46. The van der Waals surface area contributed by atoms with Crippen molar-refractivity contribution in [3.8, 4) is 5.75 Å². The molecule has 20 heavy (non-hydrogen) atoms. The monoisotopic (exact) mass is 280 g/mol. The standard InChI is InChI=1S/C16H24O4/c1-14(17)20-12-6-4-3-5-11-19-13-15-7-9-16(18-2)10-8-15/h7-10H,3-6,11-13H2,1-2H3. The van der Waals surface area contributed by atoms with Gasteiger partial charge in [0.25, 0.3) is 0 Å². The van der Waals surface area contributed by atoms with Crippen molar-refractivity contribution in [3.05, 3.63) is 29.8 Å². The summed E-state index contributed by atoms with van der Waals surface area (Å²) < 4.78 is 15.6. The van der Waals surface area contributed by atoms with Crippen molar-refractivity contribution in [2.45, 2.75) is 39.2 Å². The van der Waals surface area contributed by atoms with Crippen LogP contribution in [0.2, 0.25) is 0 Å². The molecule has 0 N–H and O–H groups in total. The van der Waals surface area contributed by atoms with E-state index in [4.69, 9.17) is 14.2 Å². The zero-order valence-corrected chi connectivity index (χ0v) is 12.4. The summed E-state index contributed by atoms with van der Waals surface area (Å²) in [6, 6.07) is 7.90. The van der Waals surface area contributed by atoms with Crippen LogP contribution in [-0.2, 0) is 20.9 Å². The third-order valence-electron chi connectivity index (χ3n) is 2.92. The highest BCUT2D eigenvalue weighted by Crippen LogP contribution is 2.12.